The third-order valence-corrected chi connectivity index (χ3v) is 3.55. The minimum atomic E-state index is -0.193. The number of benzene rings is 2. The molecule has 0 spiro atoms. The first-order valence-corrected chi connectivity index (χ1v) is 7.87. The molecular weight excluding hydrogens is 322 g/mol. The Hall–Kier alpha value is -3.15. The Labute approximate surface area is 146 Å². The number of methoxy groups -OCH3 is 1. The van der Waals surface area contributed by atoms with Crippen LogP contribution in [0.3, 0.4) is 0 Å². The van der Waals surface area contributed by atoms with Gasteiger partial charge in [0.1, 0.15) is 6.61 Å². The molecule has 1 amide bonds. The van der Waals surface area contributed by atoms with Crippen molar-refractivity contribution in [3.63, 3.8) is 0 Å². The van der Waals surface area contributed by atoms with E-state index >= 15 is 0 Å². The van der Waals surface area contributed by atoms with Crippen molar-refractivity contribution in [2.24, 2.45) is 0 Å². The highest BCUT2D eigenvalue weighted by atomic mass is 16.7. The van der Waals surface area contributed by atoms with E-state index in [4.69, 9.17) is 18.9 Å². The fraction of sp³-hybridized carbons (Fsp3) is 0.211. The minimum Gasteiger partial charge on any atom is -0.493 e. The molecule has 1 heterocycles. The van der Waals surface area contributed by atoms with E-state index in [-0.39, 0.29) is 12.7 Å². The molecule has 0 aromatic heterocycles. The molecule has 6 nitrogen and oxygen atoms in total. The number of ether oxygens (including phenoxy) is 4. The number of hydrogen-bond acceptors (Lipinski definition) is 5. The Morgan fingerprint density at radius 3 is 2.80 bits per heavy atom. The Morgan fingerprint density at radius 1 is 1.16 bits per heavy atom. The second kappa shape index (κ2) is 8.10. The number of amides is 1. The van der Waals surface area contributed by atoms with E-state index in [1.165, 1.54) is 6.08 Å². The Morgan fingerprint density at radius 2 is 1.96 bits per heavy atom. The summed E-state index contributed by atoms with van der Waals surface area (Å²) in [4.78, 5) is 11.9. The Kier molecular flexibility index (Phi) is 5.41. The van der Waals surface area contributed by atoms with Gasteiger partial charge in [0.15, 0.2) is 23.0 Å². The van der Waals surface area contributed by atoms with Gasteiger partial charge in [-0.3, -0.25) is 4.79 Å². The normalized spacial score (nSPS) is 12.2. The van der Waals surface area contributed by atoms with Crippen LogP contribution in [0.1, 0.15) is 5.56 Å². The number of hydrogen-bond donors (Lipinski definition) is 1. The highest BCUT2D eigenvalue weighted by Crippen LogP contribution is 2.32. The maximum absolute atomic E-state index is 11.9. The molecule has 25 heavy (non-hydrogen) atoms. The third kappa shape index (κ3) is 4.44. The monoisotopic (exact) mass is 341 g/mol. The molecule has 0 saturated heterocycles. The molecule has 2 aromatic rings. The van der Waals surface area contributed by atoms with E-state index in [0.717, 1.165) is 11.3 Å². The molecule has 6 heteroatoms. The molecule has 2 aromatic carbocycles. The van der Waals surface area contributed by atoms with Gasteiger partial charge in [0.05, 0.1) is 13.7 Å². The third-order valence-electron chi connectivity index (χ3n) is 3.55. The van der Waals surface area contributed by atoms with E-state index in [1.54, 1.807) is 13.2 Å². The van der Waals surface area contributed by atoms with Gasteiger partial charge in [-0.15, -0.1) is 0 Å². The van der Waals surface area contributed by atoms with Crippen molar-refractivity contribution in [2.45, 2.75) is 0 Å². The molecule has 0 aliphatic carbocycles. The first-order chi connectivity index (χ1) is 12.3. The van der Waals surface area contributed by atoms with Crippen LogP contribution in [0, 0.1) is 0 Å². The van der Waals surface area contributed by atoms with Crippen LogP contribution < -0.4 is 24.3 Å². The van der Waals surface area contributed by atoms with Gasteiger partial charge < -0.3 is 24.3 Å². The van der Waals surface area contributed by atoms with Crippen molar-refractivity contribution in [2.75, 3.05) is 27.1 Å². The lowest BCUT2D eigenvalue weighted by Crippen LogP contribution is -2.26. The molecule has 0 fully saturated rings. The van der Waals surface area contributed by atoms with Gasteiger partial charge in [0.25, 0.3) is 0 Å². The van der Waals surface area contributed by atoms with Crippen molar-refractivity contribution in [1.29, 1.82) is 0 Å². The quantitative estimate of drug-likeness (QED) is 0.619. The fourth-order valence-corrected chi connectivity index (χ4v) is 2.32. The molecule has 0 bridgehead atoms. The smallest absolute Gasteiger partial charge is 0.244 e. The molecular formula is C19H19NO5. The summed E-state index contributed by atoms with van der Waals surface area (Å²) < 4.78 is 21.3. The Balaban J connectivity index is 1.43. The zero-order valence-electron chi connectivity index (χ0n) is 13.9. The summed E-state index contributed by atoms with van der Waals surface area (Å²) in [5.74, 6) is 2.52. The van der Waals surface area contributed by atoms with Crippen LogP contribution in [-0.4, -0.2) is 33.0 Å². The van der Waals surface area contributed by atoms with Crippen LogP contribution in [0.4, 0.5) is 0 Å². The van der Waals surface area contributed by atoms with E-state index < -0.39 is 0 Å². The summed E-state index contributed by atoms with van der Waals surface area (Å²) in [6.45, 7) is 0.974. The second-order valence-corrected chi connectivity index (χ2v) is 5.24. The first-order valence-electron chi connectivity index (χ1n) is 7.87. The van der Waals surface area contributed by atoms with Crippen molar-refractivity contribution in [1.82, 2.24) is 5.32 Å². The molecule has 3 rings (SSSR count). The molecule has 1 N–H and O–H groups in total. The number of nitrogens with one attached hydrogen (secondary N) is 1. The molecule has 0 radical (unpaired) electrons. The standard InChI is InChI=1S/C19H19NO5/c1-22-15-4-2-3-5-16(15)23-11-10-20-19(21)9-7-14-6-8-17-18(12-14)25-13-24-17/h2-9,12H,10-11,13H2,1H3,(H,20,21)/b9-7+. The maximum atomic E-state index is 11.9. The number of carbonyl (C=O) groups is 1. The van der Waals surface area contributed by atoms with Crippen molar-refractivity contribution in [3.05, 3.63) is 54.1 Å². The van der Waals surface area contributed by atoms with Crippen LogP contribution in [0.5, 0.6) is 23.0 Å². The van der Waals surface area contributed by atoms with Gasteiger partial charge in [-0.1, -0.05) is 18.2 Å². The van der Waals surface area contributed by atoms with Crippen LogP contribution in [0.15, 0.2) is 48.5 Å². The molecule has 1 aliphatic heterocycles. The van der Waals surface area contributed by atoms with Crippen molar-refractivity contribution >= 4 is 12.0 Å². The fourth-order valence-electron chi connectivity index (χ4n) is 2.32. The van der Waals surface area contributed by atoms with Gasteiger partial charge in [0.2, 0.25) is 12.7 Å². The molecule has 0 saturated carbocycles. The van der Waals surface area contributed by atoms with Gasteiger partial charge in [-0.2, -0.15) is 0 Å². The zero-order valence-corrected chi connectivity index (χ0v) is 13.9. The maximum Gasteiger partial charge on any atom is 0.244 e. The number of carbonyl (C=O) groups excluding carboxylic acids is 1. The van der Waals surface area contributed by atoms with Gasteiger partial charge >= 0.3 is 0 Å². The molecule has 1 aliphatic rings. The summed E-state index contributed by atoms with van der Waals surface area (Å²) in [6, 6.07) is 12.9. The lowest BCUT2D eigenvalue weighted by molar-refractivity contribution is -0.116. The predicted octanol–water partition coefficient (Wildman–Crippen LogP) is 2.63. The molecule has 0 unspecified atom stereocenters. The number of rotatable bonds is 7. The highest BCUT2D eigenvalue weighted by molar-refractivity contribution is 5.91. The lowest BCUT2D eigenvalue weighted by Gasteiger charge is -2.10. The molecule has 0 atom stereocenters. The van der Waals surface area contributed by atoms with Gasteiger partial charge in [-0.05, 0) is 35.9 Å². The first kappa shape index (κ1) is 16.7. The largest absolute Gasteiger partial charge is 0.493 e. The average molecular weight is 341 g/mol. The van der Waals surface area contributed by atoms with Crippen molar-refractivity contribution in [3.8, 4) is 23.0 Å². The minimum absolute atomic E-state index is 0.193. The lowest BCUT2D eigenvalue weighted by atomic mass is 10.2. The van der Waals surface area contributed by atoms with E-state index in [0.29, 0.717) is 30.4 Å². The second-order valence-electron chi connectivity index (χ2n) is 5.24. The predicted molar refractivity (Wildman–Crippen MR) is 93.1 cm³/mol. The highest BCUT2D eigenvalue weighted by Gasteiger charge is 2.12. The van der Waals surface area contributed by atoms with Crippen LogP contribution in [-0.2, 0) is 4.79 Å². The SMILES string of the molecule is COc1ccccc1OCCNC(=O)/C=C/c1ccc2c(c1)OCO2. The van der Waals surface area contributed by atoms with Crippen molar-refractivity contribution < 1.29 is 23.7 Å². The summed E-state index contributed by atoms with van der Waals surface area (Å²) in [7, 11) is 1.59. The summed E-state index contributed by atoms with van der Waals surface area (Å²) in [5.41, 5.74) is 0.865. The molecule has 130 valence electrons. The van der Waals surface area contributed by atoms with Crippen LogP contribution in [0.25, 0.3) is 6.08 Å². The average Bonchev–Trinajstić information content (AvgIpc) is 3.11. The van der Waals surface area contributed by atoms with Gasteiger partial charge in [0, 0.05) is 6.08 Å². The summed E-state index contributed by atoms with van der Waals surface area (Å²) in [5, 5.41) is 2.77. The number of fused-ring (bicyclic) bond motifs is 1. The van der Waals surface area contributed by atoms with E-state index in [2.05, 4.69) is 5.32 Å². The van der Waals surface area contributed by atoms with Crippen LogP contribution in [0.2, 0.25) is 0 Å². The summed E-state index contributed by atoms with van der Waals surface area (Å²) in [6.07, 6.45) is 3.19. The summed E-state index contributed by atoms with van der Waals surface area (Å²) >= 11 is 0. The van der Waals surface area contributed by atoms with E-state index in [1.807, 2.05) is 42.5 Å². The number of para-hydroxylation sites is 2. The van der Waals surface area contributed by atoms with Gasteiger partial charge in [-0.25, -0.2) is 0 Å². The van der Waals surface area contributed by atoms with E-state index in [9.17, 15) is 4.79 Å². The Bertz CT molecular complexity index is 772. The zero-order chi connectivity index (χ0) is 17.5. The topological polar surface area (TPSA) is 66.0 Å². The van der Waals surface area contributed by atoms with Crippen LogP contribution >= 0.6 is 0 Å².